The zero-order valence-electron chi connectivity index (χ0n) is 12.2. The van der Waals surface area contributed by atoms with E-state index in [1.165, 1.54) is 0 Å². The number of carbonyl (C=O) groups is 2. The van der Waals surface area contributed by atoms with Crippen molar-refractivity contribution in [2.24, 2.45) is 11.8 Å². The van der Waals surface area contributed by atoms with Gasteiger partial charge in [0.2, 0.25) is 0 Å². The van der Waals surface area contributed by atoms with Crippen LogP contribution in [0.3, 0.4) is 0 Å². The molecule has 1 aliphatic carbocycles. The number of aromatic nitrogens is 2. The summed E-state index contributed by atoms with van der Waals surface area (Å²) >= 11 is 0. The van der Waals surface area contributed by atoms with Crippen LogP contribution in [-0.2, 0) is 11.3 Å². The highest BCUT2D eigenvalue weighted by Crippen LogP contribution is 2.31. The van der Waals surface area contributed by atoms with Crippen LogP contribution in [0, 0.1) is 11.8 Å². The first-order valence-electron chi connectivity index (χ1n) is 7.29. The maximum absolute atomic E-state index is 11.8. The number of carboxylic acids is 1. The molecule has 21 heavy (non-hydrogen) atoms. The van der Waals surface area contributed by atoms with Gasteiger partial charge in [-0.1, -0.05) is 6.42 Å². The zero-order chi connectivity index (χ0) is 15.2. The summed E-state index contributed by atoms with van der Waals surface area (Å²) in [4.78, 5) is 26.8. The molecule has 1 aliphatic rings. The van der Waals surface area contributed by atoms with E-state index in [-0.39, 0.29) is 23.9 Å². The molecule has 1 aromatic heterocycles. The van der Waals surface area contributed by atoms with E-state index < -0.39 is 5.97 Å². The molecule has 0 spiro atoms. The lowest BCUT2D eigenvalue weighted by Crippen LogP contribution is -2.44. The highest BCUT2D eigenvalue weighted by atomic mass is 16.4. The first kappa shape index (κ1) is 15.3. The van der Waals surface area contributed by atoms with Gasteiger partial charge in [-0.05, 0) is 25.7 Å². The van der Waals surface area contributed by atoms with Gasteiger partial charge >= 0.3 is 12.0 Å². The lowest BCUT2D eigenvalue weighted by Gasteiger charge is -2.19. The number of amides is 2. The second-order valence-electron chi connectivity index (χ2n) is 5.65. The molecule has 3 N–H and O–H groups in total. The molecule has 116 valence electrons. The van der Waals surface area contributed by atoms with E-state index in [2.05, 4.69) is 15.6 Å². The monoisotopic (exact) mass is 294 g/mol. The number of hydrogen-bond acceptors (Lipinski definition) is 3. The summed E-state index contributed by atoms with van der Waals surface area (Å²) in [5.41, 5.74) is 0. The predicted molar refractivity (Wildman–Crippen MR) is 76.7 cm³/mol. The minimum Gasteiger partial charge on any atom is -0.481 e. The quantitative estimate of drug-likeness (QED) is 0.731. The molecule has 1 fully saturated rings. The molecule has 1 aromatic rings. The van der Waals surface area contributed by atoms with Crippen LogP contribution in [0.2, 0.25) is 0 Å². The van der Waals surface area contributed by atoms with Crippen LogP contribution in [0.15, 0.2) is 18.7 Å². The number of carbonyl (C=O) groups excluding carboxylic acids is 1. The SMILES string of the molecule is CC(Cn1ccnc1)NC(=O)NCC1CCCC1C(=O)O. The third-order valence-electron chi connectivity index (χ3n) is 3.92. The normalized spacial score (nSPS) is 22.7. The number of aliphatic carboxylic acids is 1. The molecular formula is C14H22N4O3. The summed E-state index contributed by atoms with van der Waals surface area (Å²) in [6.45, 7) is 2.98. The average molecular weight is 294 g/mol. The molecule has 3 unspecified atom stereocenters. The highest BCUT2D eigenvalue weighted by molar-refractivity contribution is 5.74. The Morgan fingerprint density at radius 3 is 2.95 bits per heavy atom. The molecular weight excluding hydrogens is 272 g/mol. The van der Waals surface area contributed by atoms with Crippen molar-refractivity contribution in [3.05, 3.63) is 18.7 Å². The van der Waals surface area contributed by atoms with Gasteiger partial charge in [-0.15, -0.1) is 0 Å². The minimum absolute atomic E-state index is 0.0296. The molecule has 1 heterocycles. The third-order valence-corrected chi connectivity index (χ3v) is 3.92. The number of nitrogens with zero attached hydrogens (tertiary/aromatic N) is 2. The van der Waals surface area contributed by atoms with Crippen molar-refractivity contribution in [3.8, 4) is 0 Å². The van der Waals surface area contributed by atoms with Crippen molar-refractivity contribution in [1.29, 1.82) is 0 Å². The molecule has 0 radical (unpaired) electrons. The number of hydrogen-bond donors (Lipinski definition) is 3. The van der Waals surface area contributed by atoms with Crippen molar-refractivity contribution in [1.82, 2.24) is 20.2 Å². The lowest BCUT2D eigenvalue weighted by atomic mass is 9.96. The van der Waals surface area contributed by atoms with Crippen LogP contribution in [0.25, 0.3) is 0 Å². The van der Waals surface area contributed by atoms with E-state index >= 15 is 0 Å². The Labute approximate surface area is 123 Å². The van der Waals surface area contributed by atoms with E-state index in [9.17, 15) is 9.59 Å². The predicted octanol–water partition coefficient (Wildman–Crippen LogP) is 1.07. The Morgan fingerprint density at radius 1 is 1.48 bits per heavy atom. The molecule has 7 nitrogen and oxygen atoms in total. The summed E-state index contributed by atoms with van der Waals surface area (Å²) in [5, 5.41) is 14.7. The number of rotatable bonds is 6. The van der Waals surface area contributed by atoms with Crippen molar-refractivity contribution in [2.45, 2.75) is 38.8 Å². The Morgan fingerprint density at radius 2 is 2.29 bits per heavy atom. The van der Waals surface area contributed by atoms with Crippen molar-refractivity contribution >= 4 is 12.0 Å². The van der Waals surface area contributed by atoms with Gasteiger partial charge in [0.15, 0.2) is 0 Å². The van der Waals surface area contributed by atoms with Crippen molar-refractivity contribution in [3.63, 3.8) is 0 Å². The fraction of sp³-hybridized carbons (Fsp3) is 0.643. The smallest absolute Gasteiger partial charge is 0.315 e. The Balaban J connectivity index is 1.70. The van der Waals surface area contributed by atoms with Gasteiger partial charge in [-0.3, -0.25) is 4.79 Å². The van der Waals surface area contributed by atoms with E-state index in [1.54, 1.807) is 12.5 Å². The maximum atomic E-state index is 11.8. The highest BCUT2D eigenvalue weighted by Gasteiger charge is 2.32. The summed E-state index contributed by atoms with van der Waals surface area (Å²) in [6.07, 6.45) is 7.72. The van der Waals surface area contributed by atoms with Crippen LogP contribution in [0.4, 0.5) is 4.79 Å². The zero-order valence-corrected chi connectivity index (χ0v) is 12.2. The Bertz CT molecular complexity index is 475. The maximum Gasteiger partial charge on any atom is 0.315 e. The Hall–Kier alpha value is -2.05. The van der Waals surface area contributed by atoms with Gasteiger partial charge in [-0.2, -0.15) is 0 Å². The molecule has 3 atom stereocenters. The Kier molecular flexibility index (Phi) is 5.19. The largest absolute Gasteiger partial charge is 0.481 e. The van der Waals surface area contributed by atoms with E-state index in [1.807, 2.05) is 17.7 Å². The van der Waals surface area contributed by atoms with Gasteiger partial charge in [0, 0.05) is 31.5 Å². The van der Waals surface area contributed by atoms with E-state index in [0.717, 1.165) is 12.8 Å². The molecule has 0 saturated heterocycles. The molecule has 0 aromatic carbocycles. The summed E-state index contributed by atoms with van der Waals surface area (Å²) < 4.78 is 1.89. The van der Waals surface area contributed by atoms with E-state index in [4.69, 9.17) is 5.11 Å². The molecule has 0 aliphatic heterocycles. The summed E-state index contributed by atoms with van der Waals surface area (Å²) in [5.74, 6) is -1.04. The van der Waals surface area contributed by atoms with Crippen molar-refractivity contribution < 1.29 is 14.7 Å². The van der Waals surface area contributed by atoms with Crippen LogP contribution in [0.1, 0.15) is 26.2 Å². The van der Waals surface area contributed by atoms with Gasteiger partial charge in [-0.25, -0.2) is 9.78 Å². The minimum atomic E-state index is -0.756. The molecule has 0 bridgehead atoms. The van der Waals surface area contributed by atoms with Crippen LogP contribution in [0.5, 0.6) is 0 Å². The standard InChI is InChI=1S/C14H22N4O3/c1-10(8-18-6-5-15-9-18)17-14(21)16-7-11-3-2-4-12(11)13(19)20/h5-6,9-12H,2-4,7-8H2,1H3,(H,19,20)(H2,16,17,21). The van der Waals surface area contributed by atoms with E-state index in [0.29, 0.717) is 19.5 Å². The van der Waals surface area contributed by atoms with Gasteiger partial charge in [0.1, 0.15) is 0 Å². The summed E-state index contributed by atoms with van der Waals surface area (Å²) in [6, 6.07) is -0.281. The topological polar surface area (TPSA) is 96.3 Å². The lowest BCUT2D eigenvalue weighted by molar-refractivity contribution is -0.142. The average Bonchev–Trinajstić information content (AvgIpc) is 3.06. The van der Waals surface area contributed by atoms with Gasteiger partial charge in [0.05, 0.1) is 12.2 Å². The summed E-state index contributed by atoms with van der Waals surface area (Å²) in [7, 11) is 0. The van der Waals surface area contributed by atoms with Crippen molar-refractivity contribution in [2.75, 3.05) is 6.54 Å². The fourth-order valence-electron chi connectivity index (χ4n) is 2.86. The van der Waals surface area contributed by atoms with Gasteiger partial charge < -0.3 is 20.3 Å². The number of urea groups is 1. The molecule has 2 rings (SSSR count). The van der Waals surface area contributed by atoms with Gasteiger partial charge in [0.25, 0.3) is 0 Å². The first-order valence-corrected chi connectivity index (χ1v) is 7.29. The first-order chi connectivity index (χ1) is 10.1. The second-order valence-corrected chi connectivity index (χ2v) is 5.65. The molecule has 7 heteroatoms. The van der Waals surface area contributed by atoms with Crippen LogP contribution < -0.4 is 10.6 Å². The molecule has 1 saturated carbocycles. The number of carboxylic acid groups (broad SMARTS) is 1. The second kappa shape index (κ2) is 7.10. The number of imidazole rings is 1. The third kappa shape index (κ3) is 4.47. The molecule has 2 amide bonds. The van der Waals surface area contributed by atoms with Crippen LogP contribution >= 0.6 is 0 Å². The van der Waals surface area contributed by atoms with Crippen LogP contribution in [-0.4, -0.2) is 39.2 Å². The fourth-order valence-corrected chi connectivity index (χ4v) is 2.86. The number of nitrogens with one attached hydrogen (secondary N) is 2.